The standard InChI is InChI=1S/C7H10N2O2/c1-5-6(2-3-8)4-9(5)7(10)11/h5-6H,2,4H2,1H3,(H,10,11). The molecule has 4 nitrogen and oxygen atoms in total. The quantitative estimate of drug-likeness (QED) is 0.610. The van der Waals surface area contributed by atoms with Crippen molar-refractivity contribution >= 4 is 6.09 Å². The maximum absolute atomic E-state index is 10.4. The van der Waals surface area contributed by atoms with Gasteiger partial charge in [-0.1, -0.05) is 0 Å². The first-order valence-corrected chi connectivity index (χ1v) is 3.53. The fraction of sp³-hybridized carbons (Fsp3) is 0.714. The molecule has 0 saturated carbocycles. The van der Waals surface area contributed by atoms with E-state index in [0.29, 0.717) is 13.0 Å². The molecular weight excluding hydrogens is 144 g/mol. The molecule has 1 aliphatic rings. The van der Waals surface area contributed by atoms with E-state index in [1.165, 1.54) is 4.90 Å². The van der Waals surface area contributed by atoms with Gasteiger partial charge in [0.05, 0.1) is 6.07 Å². The molecule has 2 atom stereocenters. The van der Waals surface area contributed by atoms with E-state index in [-0.39, 0.29) is 12.0 Å². The molecule has 0 aliphatic carbocycles. The van der Waals surface area contributed by atoms with Crippen molar-refractivity contribution < 1.29 is 9.90 Å². The van der Waals surface area contributed by atoms with Crippen LogP contribution in [0.1, 0.15) is 13.3 Å². The largest absolute Gasteiger partial charge is 0.465 e. The van der Waals surface area contributed by atoms with E-state index in [2.05, 4.69) is 0 Å². The second kappa shape index (κ2) is 2.79. The minimum Gasteiger partial charge on any atom is -0.465 e. The Morgan fingerprint density at radius 1 is 1.91 bits per heavy atom. The number of hydrogen-bond donors (Lipinski definition) is 1. The van der Waals surface area contributed by atoms with Crippen molar-refractivity contribution in [3.8, 4) is 6.07 Å². The van der Waals surface area contributed by atoms with Crippen molar-refractivity contribution in [1.82, 2.24) is 4.90 Å². The van der Waals surface area contributed by atoms with Crippen LogP contribution in [0.2, 0.25) is 0 Å². The van der Waals surface area contributed by atoms with Crippen molar-refractivity contribution in [2.75, 3.05) is 6.54 Å². The van der Waals surface area contributed by atoms with Crippen LogP contribution in [0.15, 0.2) is 0 Å². The van der Waals surface area contributed by atoms with Gasteiger partial charge in [0.15, 0.2) is 0 Å². The van der Waals surface area contributed by atoms with Crippen LogP contribution in [0.4, 0.5) is 4.79 Å². The molecular formula is C7H10N2O2. The van der Waals surface area contributed by atoms with Crippen LogP contribution >= 0.6 is 0 Å². The van der Waals surface area contributed by atoms with Crippen molar-refractivity contribution in [3.05, 3.63) is 0 Å². The summed E-state index contributed by atoms with van der Waals surface area (Å²) in [5.41, 5.74) is 0. The zero-order chi connectivity index (χ0) is 8.43. The molecule has 0 aromatic carbocycles. The Balaban J connectivity index is 2.39. The average molecular weight is 154 g/mol. The maximum Gasteiger partial charge on any atom is 0.407 e. The monoisotopic (exact) mass is 154 g/mol. The molecule has 1 aliphatic heterocycles. The van der Waals surface area contributed by atoms with E-state index in [4.69, 9.17) is 10.4 Å². The van der Waals surface area contributed by atoms with Crippen molar-refractivity contribution in [3.63, 3.8) is 0 Å². The van der Waals surface area contributed by atoms with Gasteiger partial charge in [0.1, 0.15) is 0 Å². The van der Waals surface area contributed by atoms with Crippen LogP contribution in [-0.4, -0.2) is 28.7 Å². The first kappa shape index (κ1) is 7.86. The predicted octanol–water partition coefficient (Wildman–Crippen LogP) is 0.898. The highest BCUT2D eigenvalue weighted by atomic mass is 16.4. The normalized spacial score (nSPS) is 28.9. The minimum absolute atomic E-state index is 0.0205. The first-order chi connectivity index (χ1) is 5.16. The number of carboxylic acid groups (broad SMARTS) is 1. The van der Waals surface area contributed by atoms with E-state index < -0.39 is 6.09 Å². The molecule has 1 amide bonds. The molecule has 2 unspecified atom stereocenters. The number of likely N-dealkylation sites (tertiary alicyclic amines) is 1. The number of amides is 1. The molecule has 1 rings (SSSR count). The van der Waals surface area contributed by atoms with Gasteiger partial charge in [0.2, 0.25) is 0 Å². The lowest BCUT2D eigenvalue weighted by Gasteiger charge is -2.43. The fourth-order valence-corrected chi connectivity index (χ4v) is 1.29. The third-order valence-electron chi connectivity index (χ3n) is 2.20. The van der Waals surface area contributed by atoms with E-state index in [1.54, 1.807) is 0 Å². The fourth-order valence-electron chi connectivity index (χ4n) is 1.29. The Labute approximate surface area is 65.0 Å². The maximum atomic E-state index is 10.4. The van der Waals surface area contributed by atoms with Crippen LogP contribution in [0.5, 0.6) is 0 Å². The van der Waals surface area contributed by atoms with E-state index >= 15 is 0 Å². The Morgan fingerprint density at radius 2 is 2.55 bits per heavy atom. The molecule has 0 spiro atoms. The van der Waals surface area contributed by atoms with Crippen LogP contribution < -0.4 is 0 Å². The summed E-state index contributed by atoms with van der Waals surface area (Å²) in [6.45, 7) is 2.35. The van der Waals surface area contributed by atoms with Gasteiger partial charge < -0.3 is 10.0 Å². The Hall–Kier alpha value is -1.24. The minimum atomic E-state index is -0.883. The van der Waals surface area contributed by atoms with Crippen LogP contribution in [0.25, 0.3) is 0 Å². The molecule has 1 N–H and O–H groups in total. The smallest absolute Gasteiger partial charge is 0.407 e. The molecule has 60 valence electrons. The van der Waals surface area contributed by atoms with Gasteiger partial charge in [-0.05, 0) is 6.92 Å². The summed E-state index contributed by atoms with van der Waals surface area (Å²) in [7, 11) is 0. The highest BCUT2D eigenvalue weighted by molar-refractivity contribution is 5.66. The number of hydrogen-bond acceptors (Lipinski definition) is 2. The molecule has 0 bridgehead atoms. The molecule has 1 fully saturated rings. The van der Waals surface area contributed by atoms with Crippen molar-refractivity contribution in [1.29, 1.82) is 5.26 Å². The highest BCUT2D eigenvalue weighted by Gasteiger charge is 2.38. The van der Waals surface area contributed by atoms with Gasteiger partial charge in [-0.25, -0.2) is 4.79 Å². The van der Waals surface area contributed by atoms with Crippen molar-refractivity contribution in [2.24, 2.45) is 5.92 Å². The van der Waals surface area contributed by atoms with Gasteiger partial charge in [-0.3, -0.25) is 0 Å². The summed E-state index contributed by atoms with van der Waals surface area (Å²) in [5, 5.41) is 16.9. The lowest BCUT2D eigenvalue weighted by molar-refractivity contribution is 0.0350. The van der Waals surface area contributed by atoms with Gasteiger partial charge in [-0.15, -0.1) is 0 Å². The molecule has 0 radical (unpaired) electrons. The lowest BCUT2D eigenvalue weighted by atomic mass is 9.88. The zero-order valence-electron chi connectivity index (χ0n) is 6.32. The summed E-state index contributed by atoms with van der Waals surface area (Å²) in [5.74, 6) is 0.246. The van der Waals surface area contributed by atoms with Crippen LogP contribution in [0, 0.1) is 17.2 Å². The third-order valence-corrected chi connectivity index (χ3v) is 2.20. The van der Waals surface area contributed by atoms with Crippen LogP contribution in [0.3, 0.4) is 0 Å². The summed E-state index contributed by atoms with van der Waals surface area (Å²) < 4.78 is 0. The van der Waals surface area contributed by atoms with E-state index in [9.17, 15) is 4.79 Å². The van der Waals surface area contributed by atoms with Gasteiger partial charge in [0, 0.05) is 24.9 Å². The average Bonchev–Trinajstić information content (AvgIpc) is 1.95. The van der Waals surface area contributed by atoms with Gasteiger partial charge >= 0.3 is 6.09 Å². The third kappa shape index (κ3) is 1.27. The summed E-state index contributed by atoms with van der Waals surface area (Å²) in [4.78, 5) is 11.7. The summed E-state index contributed by atoms with van der Waals surface area (Å²) in [6, 6.07) is 2.06. The Bertz CT molecular complexity index is 209. The molecule has 1 heterocycles. The van der Waals surface area contributed by atoms with Gasteiger partial charge in [-0.2, -0.15) is 5.26 Å². The molecule has 11 heavy (non-hydrogen) atoms. The number of nitrogens with zero attached hydrogens (tertiary/aromatic N) is 2. The first-order valence-electron chi connectivity index (χ1n) is 3.53. The number of nitriles is 1. The van der Waals surface area contributed by atoms with E-state index in [0.717, 1.165) is 0 Å². The number of rotatable bonds is 1. The zero-order valence-corrected chi connectivity index (χ0v) is 6.32. The Morgan fingerprint density at radius 3 is 2.91 bits per heavy atom. The second-order valence-corrected chi connectivity index (χ2v) is 2.80. The van der Waals surface area contributed by atoms with E-state index in [1.807, 2.05) is 13.0 Å². The van der Waals surface area contributed by atoms with Crippen LogP contribution in [-0.2, 0) is 0 Å². The highest BCUT2D eigenvalue weighted by Crippen LogP contribution is 2.26. The molecule has 1 saturated heterocycles. The summed E-state index contributed by atoms with van der Waals surface area (Å²) >= 11 is 0. The van der Waals surface area contributed by atoms with Gasteiger partial charge in [0.25, 0.3) is 0 Å². The SMILES string of the molecule is CC1C(CC#N)CN1C(=O)O. The van der Waals surface area contributed by atoms with Crippen molar-refractivity contribution in [2.45, 2.75) is 19.4 Å². The predicted molar refractivity (Wildman–Crippen MR) is 37.9 cm³/mol. The topological polar surface area (TPSA) is 64.3 Å². The molecule has 4 heteroatoms. The number of carbonyl (C=O) groups is 1. The summed E-state index contributed by atoms with van der Waals surface area (Å²) in [6.07, 6.45) is -0.419. The second-order valence-electron chi connectivity index (χ2n) is 2.80. The lowest BCUT2D eigenvalue weighted by Crippen LogP contribution is -2.56. The molecule has 0 aromatic heterocycles. The Kier molecular flexibility index (Phi) is 1.99. The molecule has 0 aromatic rings.